The molecular weight excluding hydrogens is 212 g/mol. The van der Waals surface area contributed by atoms with E-state index in [0.717, 1.165) is 28.9 Å². The Hall–Kier alpha value is -0.863. The summed E-state index contributed by atoms with van der Waals surface area (Å²) < 4.78 is 5.59. The summed E-state index contributed by atoms with van der Waals surface area (Å²) in [4.78, 5) is 0. The minimum atomic E-state index is 0.199. The lowest BCUT2D eigenvalue weighted by Gasteiger charge is -2.19. The molecule has 0 amide bonds. The van der Waals surface area contributed by atoms with Gasteiger partial charge in [-0.3, -0.25) is 0 Å². The summed E-state index contributed by atoms with van der Waals surface area (Å²) in [5, 5.41) is 0. The van der Waals surface area contributed by atoms with Crippen molar-refractivity contribution in [3.05, 3.63) is 42.0 Å². The number of aryl methyl sites for hydroxylation is 1. The van der Waals surface area contributed by atoms with E-state index in [1.165, 1.54) is 17.5 Å². The Labute approximate surface area is 102 Å². The molecule has 16 heavy (non-hydrogen) atoms. The Balaban J connectivity index is 2.97. The van der Waals surface area contributed by atoms with Crippen LogP contribution >= 0.6 is 0 Å². The van der Waals surface area contributed by atoms with Gasteiger partial charge in [0.25, 0.3) is 0 Å². The van der Waals surface area contributed by atoms with Crippen LogP contribution in [0.4, 0.5) is 0 Å². The highest BCUT2D eigenvalue weighted by Crippen LogP contribution is 2.24. The molecule has 1 aromatic rings. The molecule has 0 saturated carbocycles. The van der Waals surface area contributed by atoms with Gasteiger partial charge in [0.15, 0.2) is 0 Å². The Kier molecular flexibility index (Phi) is 5.50. The molecule has 1 rings (SSSR count). The van der Waals surface area contributed by atoms with Gasteiger partial charge in [0.2, 0.25) is 0 Å². The standard InChI is InChI=1S/C14H22OSi/c1-4-8-12-9-6-7-10-13(12)11(3)14(5-2)15-16/h6-7,9-10,14H,3-5,8H2,1-2,16H3. The molecule has 88 valence electrons. The molecule has 0 aliphatic heterocycles. The topological polar surface area (TPSA) is 9.23 Å². The second-order valence-electron chi connectivity index (χ2n) is 4.06. The fraction of sp³-hybridized carbons (Fsp3) is 0.429. The number of hydrogen-bond acceptors (Lipinski definition) is 1. The van der Waals surface area contributed by atoms with Crippen LogP contribution in [0.15, 0.2) is 30.8 Å². The van der Waals surface area contributed by atoms with Gasteiger partial charge in [0.1, 0.15) is 10.5 Å². The lowest BCUT2D eigenvalue weighted by molar-refractivity contribution is 0.279. The summed E-state index contributed by atoms with van der Waals surface area (Å²) in [6, 6.07) is 8.55. The monoisotopic (exact) mass is 234 g/mol. The third kappa shape index (κ3) is 3.06. The summed E-state index contributed by atoms with van der Waals surface area (Å²) >= 11 is 0. The Morgan fingerprint density at radius 3 is 2.62 bits per heavy atom. The average molecular weight is 234 g/mol. The van der Waals surface area contributed by atoms with Crippen LogP contribution in [0.5, 0.6) is 0 Å². The Morgan fingerprint density at radius 1 is 1.38 bits per heavy atom. The smallest absolute Gasteiger partial charge is 0.146 e. The van der Waals surface area contributed by atoms with Crippen molar-refractivity contribution >= 4 is 16.1 Å². The predicted octanol–water partition coefficient (Wildman–Crippen LogP) is 2.73. The van der Waals surface area contributed by atoms with Crippen molar-refractivity contribution in [2.24, 2.45) is 0 Å². The van der Waals surface area contributed by atoms with Crippen LogP contribution < -0.4 is 0 Å². The van der Waals surface area contributed by atoms with E-state index in [0.29, 0.717) is 0 Å². The van der Waals surface area contributed by atoms with Crippen molar-refractivity contribution in [2.45, 2.75) is 39.2 Å². The van der Waals surface area contributed by atoms with Gasteiger partial charge < -0.3 is 4.43 Å². The van der Waals surface area contributed by atoms with Gasteiger partial charge in [-0.15, -0.1) is 0 Å². The molecule has 0 fully saturated rings. The van der Waals surface area contributed by atoms with Crippen LogP contribution in [0.3, 0.4) is 0 Å². The molecule has 0 heterocycles. The van der Waals surface area contributed by atoms with E-state index in [1.807, 2.05) is 0 Å². The Bertz CT molecular complexity index is 342. The summed E-state index contributed by atoms with van der Waals surface area (Å²) in [7, 11) is 0.770. The second-order valence-corrected chi connectivity index (χ2v) is 4.54. The summed E-state index contributed by atoms with van der Waals surface area (Å²) in [6.07, 6.45) is 3.49. The maximum absolute atomic E-state index is 5.59. The highest BCUT2D eigenvalue weighted by Gasteiger charge is 2.13. The average Bonchev–Trinajstić information content (AvgIpc) is 2.31. The van der Waals surface area contributed by atoms with Gasteiger partial charge in [-0.1, -0.05) is 51.1 Å². The van der Waals surface area contributed by atoms with Gasteiger partial charge in [-0.05, 0) is 29.5 Å². The quantitative estimate of drug-likeness (QED) is 0.688. The minimum absolute atomic E-state index is 0.199. The largest absolute Gasteiger partial charge is 0.421 e. The van der Waals surface area contributed by atoms with Crippen molar-refractivity contribution in [1.29, 1.82) is 0 Å². The molecule has 2 heteroatoms. The van der Waals surface area contributed by atoms with E-state index >= 15 is 0 Å². The molecule has 0 N–H and O–H groups in total. The van der Waals surface area contributed by atoms with Crippen LogP contribution in [0.25, 0.3) is 5.57 Å². The van der Waals surface area contributed by atoms with Crippen molar-refractivity contribution in [3.8, 4) is 0 Å². The highest BCUT2D eigenvalue weighted by atomic mass is 28.2. The maximum Gasteiger partial charge on any atom is 0.146 e. The fourth-order valence-corrected chi connectivity index (χ4v) is 2.67. The first-order valence-electron chi connectivity index (χ1n) is 6.04. The molecule has 1 atom stereocenters. The summed E-state index contributed by atoms with van der Waals surface area (Å²) in [5.41, 5.74) is 3.82. The van der Waals surface area contributed by atoms with E-state index < -0.39 is 0 Å². The highest BCUT2D eigenvalue weighted by molar-refractivity contribution is 5.98. The molecule has 0 aromatic heterocycles. The molecular formula is C14H22OSi. The zero-order valence-electron chi connectivity index (χ0n) is 10.6. The van der Waals surface area contributed by atoms with E-state index in [4.69, 9.17) is 4.43 Å². The molecule has 0 spiro atoms. The van der Waals surface area contributed by atoms with Crippen LogP contribution in [-0.2, 0) is 10.8 Å². The SMILES string of the molecule is C=C(c1ccccc1CCC)C(CC)O[SiH3]. The Morgan fingerprint density at radius 2 is 2.06 bits per heavy atom. The minimum Gasteiger partial charge on any atom is -0.421 e. The molecule has 0 aliphatic rings. The summed E-state index contributed by atoms with van der Waals surface area (Å²) in [5.74, 6) is 0. The predicted molar refractivity (Wildman–Crippen MR) is 74.6 cm³/mol. The first-order valence-corrected chi connectivity index (χ1v) is 6.86. The first-order chi connectivity index (χ1) is 7.74. The molecule has 0 saturated heterocycles. The van der Waals surface area contributed by atoms with E-state index in [-0.39, 0.29) is 6.10 Å². The van der Waals surface area contributed by atoms with Crippen molar-refractivity contribution in [2.75, 3.05) is 0 Å². The van der Waals surface area contributed by atoms with Crippen molar-refractivity contribution in [3.63, 3.8) is 0 Å². The van der Waals surface area contributed by atoms with Gasteiger partial charge in [0, 0.05) is 0 Å². The number of benzene rings is 1. The van der Waals surface area contributed by atoms with Gasteiger partial charge >= 0.3 is 0 Å². The lowest BCUT2D eigenvalue weighted by atomic mass is 9.94. The number of hydrogen-bond donors (Lipinski definition) is 0. The van der Waals surface area contributed by atoms with Crippen molar-refractivity contribution < 1.29 is 4.43 Å². The van der Waals surface area contributed by atoms with Gasteiger partial charge in [0.05, 0.1) is 6.10 Å². The number of rotatable bonds is 6. The van der Waals surface area contributed by atoms with Crippen LogP contribution in [0.2, 0.25) is 0 Å². The van der Waals surface area contributed by atoms with Crippen LogP contribution in [0, 0.1) is 0 Å². The molecule has 0 radical (unpaired) electrons. The lowest BCUT2D eigenvalue weighted by Crippen LogP contribution is -2.12. The fourth-order valence-electron chi connectivity index (χ4n) is 2.05. The molecule has 1 aromatic carbocycles. The van der Waals surface area contributed by atoms with Crippen LogP contribution in [-0.4, -0.2) is 16.6 Å². The molecule has 0 bridgehead atoms. The van der Waals surface area contributed by atoms with Crippen LogP contribution in [0.1, 0.15) is 37.8 Å². The molecule has 0 aliphatic carbocycles. The van der Waals surface area contributed by atoms with Gasteiger partial charge in [-0.2, -0.15) is 0 Å². The van der Waals surface area contributed by atoms with Gasteiger partial charge in [-0.25, -0.2) is 0 Å². The van der Waals surface area contributed by atoms with E-state index in [1.54, 1.807) is 0 Å². The third-order valence-corrected chi connectivity index (χ3v) is 3.50. The van der Waals surface area contributed by atoms with Crippen molar-refractivity contribution in [1.82, 2.24) is 0 Å². The first kappa shape index (κ1) is 13.2. The zero-order chi connectivity index (χ0) is 12.0. The molecule has 1 unspecified atom stereocenters. The normalized spacial score (nSPS) is 12.6. The second kappa shape index (κ2) is 6.66. The maximum atomic E-state index is 5.59. The van der Waals surface area contributed by atoms with E-state index in [9.17, 15) is 0 Å². The van der Waals surface area contributed by atoms with E-state index in [2.05, 4.69) is 44.7 Å². The summed E-state index contributed by atoms with van der Waals surface area (Å²) in [6.45, 7) is 8.56. The third-order valence-electron chi connectivity index (χ3n) is 2.93. The zero-order valence-corrected chi connectivity index (χ0v) is 12.6. The molecule has 1 nitrogen and oxygen atoms in total.